The normalized spacial score (nSPS) is 26.5. The maximum absolute atomic E-state index is 3.34. The monoisotopic (exact) mass is 201 g/mol. The van der Waals surface area contributed by atoms with E-state index in [-0.39, 0.29) is 0 Å². The summed E-state index contributed by atoms with van der Waals surface area (Å²) in [5, 5.41) is 8.24. The summed E-state index contributed by atoms with van der Waals surface area (Å²) < 4.78 is 0. The summed E-state index contributed by atoms with van der Waals surface area (Å²) in [6, 6.07) is 0. The molecule has 2 heteroatoms. The van der Waals surface area contributed by atoms with Crippen LogP contribution < -0.4 is 5.32 Å². The Balaban J connectivity index is 2.83. The molecule has 1 aliphatic heterocycles. The van der Waals surface area contributed by atoms with Crippen LogP contribution in [0.1, 0.15) is 26.7 Å². The van der Waals surface area contributed by atoms with Crippen molar-refractivity contribution in [3.63, 3.8) is 0 Å². The summed E-state index contributed by atoms with van der Waals surface area (Å²) in [5.74, 6) is 1.16. The van der Waals surface area contributed by atoms with Crippen molar-refractivity contribution >= 4 is 9.16 Å². The molecular weight excluding hydrogens is 178 g/mol. The van der Waals surface area contributed by atoms with Crippen LogP contribution in [0.4, 0.5) is 0 Å². The SMILES string of the molecule is CC/C=C(/CC)[SH]1(C)(CNC)C=C1. The van der Waals surface area contributed by atoms with Crippen LogP contribution in [-0.4, -0.2) is 19.2 Å². The Bertz CT molecular complexity index is 247. The zero-order valence-electron chi connectivity index (χ0n) is 9.30. The number of rotatable bonds is 5. The zero-order chi connectivity index (χ0) is 9.97. The molecule has 0 spiro atoms. The minimum Gasteiger partial charge on any atom is -0.313 e. The van der Waals surface area contributed by atoms with E-state index in [0.717, 1.165) is 5.88 Å². The van der Waals surface area contributed by atoms with Crippen LogP contribution in [0.25, 0.3) is 0 Å². The van der Waals surface area contributed by atoms with Gasteiger partial charge in [0.2, 0.25) is 0 Å². The molecule has 0 aromatic rings. The third-order valence-corrected chi connectivity index (χ3v) is 7.92. The van der Waals surface area contributed by atoms with Gasteiger partial charge in [-0.05, 0) is 31.1 Å². The third-order valence-electron chi connectivity index (χ3n) is 3.01. The maximum atomic E-state index is 3.34. The molecule has 0 aromatic carbocycles. The summed E-state index contributed by atoms with van der Waals surface area (Å²) >= 11 is 0. The van der Waals surface area contributed by atoms with Gasteiger partial charge in [-0.15, -0.1) is 0 Å². The molecule has 0 fully saturated rings. The molecule has 0 saturated heterocycles. The molecule has 1 aliphatic rings. The molecule has 0 unspecified atom stereocenters. The highest BCUT2D eigenvalue weighted by molar-refractivity contribution is 8.60. The van der Waals surface area contributed by atoms with E-state index in [0.29, 0.717) is 0 Å². The first-order chi connectivity index (χ1) is 6.09. The van der Waals surface area contributed by atoms with Gasteiger partial charge in [-0.2, -0.15) is 0 Å². The van der Waals surface area contributed by atoms with Gasteiger partial charge >= 0.3 is 0 Å². The first kappa shape index (κ1) is 10.9. The molecule has 1 heterocycles. The number of thiol groups is 1. The van der Waals surface area contributed by atoms with Crippen LogP contribution in [0.3, 0.4) is 0 Å². The van der Waals surface area contributed by atoms with Crippen LogP contribution in [0.15, 0.2) is 21.8 Å². The average molecular weight is 201 g/mol. The second kappa shape index (κ2) is 3.50. The van der Waals surface area contributed by atoms with E-state index in [1.54, 1.807) is 4.91 Å². The zero-order valence-corrected chi connectivity index (χ0v) is 10.2. The quantitative estimate of drug-likeness (QED) is 0.652. The van der Waals surface area contributed by atoms with Gasteiger partial charge in [-0.1, -0.05) is 30.7 Å². The van der Waals surface area contributed by atoms with Crippen molar-refractivity contribution in [3.05, 3.63) is 21.8 Å². The summed E-state index contributed by atoms with van der Waals surface area (Å²) in [6.07, 6.45) is 7.25. The first-order valence-corrected chi connectivity index (χ1v) is 8.16. The van der Waals surface area contributed by atoms with E-state index < -0.39 is 9.16 Å². The molecule has 0 bridgehead atoms. The summed E-state index contributed by atoms with van der Waals surface area (Å²) in [4.78, 5) is 1.68. The van der Waals surface area contributed by atoms with E-state index in [4.69, 9.17) is 0 Å². The lowest BCUT2D eigenvalue weighted by atomic mass is 10.3. The molecule has 0 aliphatic carbocycles. The summed E-state index contributed by atoms with van der Waals surface area (Å²) in [7, 11) is 0.482. The number of hydrogen-bond acceptors (Lipinski definition) is 1. The number of allylic oxidation sites excluding steroid dienone is 2. The van der Waals surface area contributed by atoms with Crippen LogP contribution in [0.2, 0.25) is 0 Å². The predicted octanol–water partition coefficient (Wildman–Crippen LogP) is 3.05. The van der Waals surface area contributed by atoms with Crippen LogP contribution in [0.5, 0.6) is 0 Å². The standard InChI is InChI=1S/C11H23NS/c1-5-7-11(6-2)13(4,8-9-13)10-12-3/h7-9,12-13H,5-6,10H2,1-4H3/b11-7-. The van der Waals surface area contributed by atoms with Gasteiger partial charge in [0.25, 0.3) is 0 Å². The highest BCUT2D eigenvalue weighted by atomic mass is 32.3. The Hall–Kier alpha value is -0.210. The minimum atomic E-state index is -1.57. The molecular formula is C11H23NS. The van der Waals surface area contributed by atoms with Gasteiger partial charge < -0.3 is 5.32 Å². The Labute approximate surface area is 82.6 Å². The van der Waals surface area contributed by atoms with Crippen molar-refractivity contribution in [3.8, 4) is 0 Å². The van der Waals surface area contributed by atoms with Crippen molar-refractivity contribution in [1.82, 2.24) is 5.32 Å². The first-order valence-electron chi connectivity index (χ1n) is 5.16. The van der Waals surface area contributed by atoms with Crippen LogP contribution >= 0.6 is 9.16 Å². The van der Waals surface area contributed by atoms with Crippen molar-refractivity contribution in [2.24, 2.45) is 0 Å². The molecule has 0 amide bonds. The van der Waals surface area contributed by atoms with Gasteiger partial charge in [0.05, 0.1) is 0 Å². The van der Waals surface area contributed by atoms with E-state index in [2.05, 4.69) is 49.4 Å². The highest BCUT2D eigenvalue weighted by Crippen LogP contribution is 2.85. The van der Waals surface area contributed by atoms with Gasteiger partial charge in [0.1, 0.15) is 0 Å². The Morgan fingerprint density at radius 1 is 1.38 bits per heavy atom. The van der Waals surface area contributed by atoms with Gasteiger partial charge in [0.15, 0.2) is 0 Å². The van der Waals surface area contributed by atoms with Gasteiger partial charge in [0, 0.05) is 5.88 Å². The lowest BCUT2D eigenvalue weighted by Gasteiger charge is -2.44. The molecule has 0 saturated carbocycles. The fourth-order valence-electron chi connectivity index (χ4n) is 2.06. The second-order valence-corrected chi connectivity index (χ2v) is 9.71. The number of hydrogen-bond donors (Lipinski definition) is 2. The van der Waals surface area contributed by atoms with Crippen molar-refractivity contribution in [1.29, 1.82) is 0 Å². The minimum absolute atomic E-state index is 1.16. The molecule has 78 valence electrons. The molecule has 0 atom stereocenters. The lowest BCUT2D eigenvalue weighted by Crippen LogP contribution is -2.19. The molecule has 1 rings (SSSR count). The molecule has 0 aromatic heterocycles. The van der Waals surface area contributed by atoms with E-state index in [9.17, 15) is 0 Å². The van der Waals surface area contributed by atoms with Crippen LogP contribution in [0, 0.1) is 0 Å². The van der Waals surface area contributed by atoms with E-state index in [1.165, 1.54) is 12.8 Å². The topological polar surface area (TPSA) is 12.0 Å². The van der Waals surface area contributed by atoms with Crippen molar-refractivity contribution < 1.29 is 0 Å². The lowest BCUT2D eigenvalue weighted by molar-refractivity contribution is 0.971. The Morgan fingerprint density at radius 2 is 2.00 bits per heavy atom. The van der Waals surface area contributed by atoms with Crippen LogP contribution in [-0.2, 0) is 0 Å². The maximum Gasteiger partial charge on any atom is 0.0215 e. The molecule has 0 radical (unpaired) electrons. The summed E-state index contributed by atoms with van der Waals surface area (Å²) in [6.45, 7) is 4.50. The Kier molecular flexibility index (Phi) is 2.93. The van der Waals surface area contributed by atoms with Gasteiger partial charge in [-0.3, -0.25) is 0 Å². The fourth-order valence-corrected chi connectivity index (χ4v) is 6.48. The van der Waals surface area contributed by atoms with Gasteiger partial charge in [-0.25, -0.2) is 9.16 Å². The van der Waals surface area contributed by atoms with Crippen molar-refractivity contribution in [2.75, 3.05) is 19.2 Å². The predicted molar refractivity (Wildman–Crippen MR) is 66.6 cm³/mol. The molecule has 1 nitrogen and oxygen atoms in total. The smallest absolute Gasteiger partial charge is 0.0215 e. The number of nitrogens with one attached hydrogen (secondary N) is 1. The van der Waals surface area contributed by atoms with Crippen molar-refractivity contribution in [2.45, 2.75) is 26.7 Å². The fraction of sp³-hybridized carbons (Fsp3) is 0.636. The third kappa shape index (κ3) is 1.84. The largest absolute Gasteiger partial charge is 0.313 e. The van der Waals surface area contributed by atoms with E-state index >= 15 is 0 Å². The average Bonchev–Trinajstić information content (AvgIpc) is 2.77. The second-order valence-electron chi connectivity index (χ2n) is 4.25. The molecule has 13 heavy (non-hydrogen) atoms. The Morgan fingerprint density at radius 3 is 2.31 bits per heavy atom. The van der Waals surface area contributed by atoms with E-state index in [1.807, 2.05) is 0 Å². The summed E-state index contributed by atoms with van der Waals surface area (Å²) in [5.41, 5.74) is 0. The highest BCUT2D eigenvalue weighted by Gasteiger charge is 2.42. The molecule has 1 N–H and O–H groups in total.